The zero-order valence-electron chi connectivity index (χ0n) is 9.34. The Hall–Kier alpha value is -0.950. The zero-order chi connectivity index (χ0) is 12.7. The van der Waals surface area contributed by atoms with Gasteiger partial charge in [0.25, 0.3) is 0 Å². The molecule has 0 saturated heterocycles. The van der Waals surface area contributed by atoms with Crippen molar-refractivity contribution in [2.75, 3.05) is 5.75 Å². The summed E-state index contributed by atoms with van der Waals surface area (Å²) in [6.45, 7) is 1.61. The predicted octanol–water partition coefficient (Wildman–Crippen LogP) is 1.66. The Morgan fingerprint density at radius 3 is 2.59 bits per heavy atom. The van der Waals surface area contributed by atoms with E-state index in [9.17, 15) is 13.2 Å². The lowest BCUT2D eigenvalue weighted by Gasteiger charge is -2.38. The van der Waals surface area contributed by atoms with Crippen LogP contribution in [0.3, 0.4) is 0 Å². The fourth-order valence-corrected chi connectivity index (χ4v) is 5.20. The second kappa shape index (κ2) is 4.06. The molecule has 17 heavy (non-hydrogen) atoms. The second-order valence-corrected chi connectivity index (χ2v) is 7.71. The number of rotatable bonds is 4. The maximum Gasteiger partial charge on any atom is 0.347 e. The lowest BCUT2D eigenvalue weighted by Crippen LogP contribution is -2.43. The number of thiazole rings is 1. The number of hydrogen-bond donors (Lipinski definition) is 1. The number of carboxylic acid groups (broad SMARTS) is 1. The van der Waals surface area contributed by atoms with Gasteiger partial charge in [0.05, 0.1) is 6.20 Å². The van der Waals surface area contributed by atoms with Crippen molar-refractivity contribution < 1.29 is 18.3 Å². The summed E-state index contributed by atoms with van der Waals surface area (Å²) in [4.78, 5) is 14.9. The van der Waals surface area contributed by atoms with Gasteiger partial charge in [-0.15, -0.1) is 11.3 Å². The molecule has 0 unspecified atom stereocenters. The largest absolute Gasteiger partial charge is 0.477 e. The molecule has 94 valence electrons. The zero-order valence-corrected chi connectivity index (χ0v) is 11.0. The van der Waals surface area contributed by atoms with E-state index in [0.717, 1.165) is 17.8 Å². The van der Waals surface area contributed by atoms with Gasteiger partial charge in [0.2, 0.25) is 0 Å². The Morgan fingerprint density at radius 1 is 1.59 bits per heavy atom. The second-order valence-electron chi connectivity index (χ2n) is 4.09. The molecule has 0 radical (unpaired) electrons. The van der Waals surface area contributed by atoms with Gasteiger partial charge in [0.15, 0.2) is 9.84 Å². The summed E-state index contributed by atoms with van der Waals surface area (Å²) in [5.41, 5.74) is 0. The number of sulfone groups is 1. The van der Waals surface area contributed by atoms with E-state index < -0.39 is 20.6 Å². The summed E-state index contributed by atoms with van der Waals surface area (Å²) in [6, 6.07) is 0. The van der Waals surface area contributed by atoms with Gasteiger partial charge in [0, 0.05) is 5.75 Å². The van der Waals surface area contributed by atoms with Crippen molar-refractivity contribution in [3.63, 3.8) is 0 Å². The average Bonchev–Trinajstić information content (AvgIpc) is 2.65. The summed E-state index contributed by atoms with van der Waals surface area (Å²) in [7, 11) is -3.23. The van der Waals surface area contributed by atoms with Crippen LogP contribution in [-0.4, -0.2) is 30.2 Å². The van der Waals surface area contributed by atoms with Crippen molar-refractivity contribution in [3.8, 4) is 0 Å². The summed E-state index contributed by atoms with van der Waals surface area (Å²) >= 11 is 0.976. The highest BCUT2D eigenvalue weighted by Gasteiger charge is 2.51. The molecule has 1 heterocycles. The number of aromatic nitrogens is 1. The maximum atomic E-state index is 12.1. The molecule has 1 N–H and O–H groups in total. The Morgan fingerprint density at radius 2 is 2.24 bits per heavy atom. The van der Waals surface area contributed by atoms with E-state index in [1.807, 2.05) is 0 Å². The molecule has 1 aromatic heterocycles. The fourth-order valence-electron chi connectivity index (χ4n) is 2.02. The molecule has 0 spiro atoms. The third-order valence-corrected chi connectivity index (χ3v) is 7.11. The molecule has 0 amide bonds. The average molecular weight is 275 g/mol. The molecule has 1 saturated carbocycles. The van der Waals surface area contributed by atoms with Gasteiger partial charge in [0.1, 0.15) is 14.6 Å². The Labute approximate surface area is 103 Å². The van der Waals surface area contributed by atoms with Gasteiger partial charge in [-0.25, -0.2) is 18.2 Å². The maximum absolute atomic E-state index is 12.1. The quantitative estimate of drug-likeness (QED) is 0.903. The van der Waals surface area contributed by atoms with Crippen molar-refractivity contribution in [2.24, 2.45) is 0 Å². The Bertz CT molecular complexity index is 542. The standard InChI is InChI=1S/C10H13NO4S2/c1-2-17(14,15)10(4-3-5-10)9-11-6-7(16-9)8(12)13/h6H,2-5H2,1H3,(H,12,13). The highest BCUT2D eigenvalue weighted by molar-refractivity contribution is 7.92. The van der Waals surface area contributed by atoms with Crippen LogP contribution in [-0.2, 0) is 14.6 Å². The Balaban J connectivity index is 2.45. The number of carbonyl (C=O) groups is 1. The third kappa shape index (κ3) is 1.77. The first-order chi connectivity index (χ1) is 7.93. The summed E-state index contributed by atoms with van der Waals surface area (Å²) in [6.07, 6.45) is 3.19. The van der Waals surface area contributed by atoms with Gasteiger partial charge in [-0.2, -0.15) is 0 Å². The summed E-state index contributed by atoms with van der Waals surface area (Å²) < 4.78 is 23.3. The molecule has 2 rings (SSSR count). The van der Waals surface area contributed by atoms with Crippen LogP contribution in [0.25, 0.3) is 0 Å². The van der Waals surface area contributed by atoms with E-state index in [1.165, 1.54) is 6.20 Å². The smallest absolute Gasteiger partial charge is 0.347 e. The van der Waals surface area contributed by atoms with E-state index >= 15 is 0 Å². The molecule has 1 aromatic rings. The van der Waals surface area contributed by atoms with E-state index in [4.69, 9.17) is 5.11 Å². The number of hydrogen-bond acceptors (Lipinski definition) is 5. The summed E-state index contributed by atoms with van der Waals surface area (Å²) in [5.74, 6) is -0.994. The van der Waals surface area contributed by atoms with Crippen LogP contribution in [0.2, 0.25) is 0 Å². The highest BCUT2D eigenvalue weighted by Crippen LogP contribution is 2.49. The minimum atomic E-state index is -3.23. The normalized spacial score (nSPS) is 18.6. The fraction of sp³-hybridized carbons (Fsp3) is 0.600. The lowest BCUT2D eigenvalue weighted by atomic mass is 9.85. The minimum Gasteiger partial charge on any atom is -0.477 e. The monoisotopic (exact) mass is 275 g/mol. The molecule has 0 atom stereocenters. The molecular formula is C10H13NO4S2. The van der Waals surface area contributed by atoms with E-state index in [-0.39, 0.29) is 10.6 Å². The lowest BCUT2D eigenvalue weighted by molar-refractivity contribution is 0.0702. The van der Waals surface area contributed by atoms with Crippen LogP contribution in [0.4, 0.5) is 0 Å². The van der Waals surface area contributed by atoms with Crippen LogP contribution in [0.1, 0.15) is 40.9 Å². The van der Waals surface area contributed by atoms with E-state index in [0.29, 0.717) is 17.8 Å². The van der Waals surface area contributed by atoms with Crippen molar-refractivity contribution in [3.05, 3.63) is 16.1 Å². The molecule has 0 bridgehead atoms. The highest BCUT2D eigenvalue weighted by atomic mass is 32.2. The van der Waals surface area contributed by atoms with Gasteiger partial charge in [-0.05, 0) is 19.3 Å². The first kappa shape index (κ1) is 12.5. The molecule has 1 aliphatic rings. The molecule has 0 aromatic carbocycles. The van der Waals surface area contributed by atoms with Gasteiger partial charge < -0.3 is 5.11 Å². The van der Waals surface area contributed by atoms with E-state index in [1.54, 1.807) is 6.92 Å². The first-order valence-corrected chi connectivity index (χ1v) is 7.82. The van der Waals surface area contributed by atoms with Crippen molar-refractivity contribution in [2.45, 2.75) is 30.9 Å². The SMILES string of the molecule is CCS(=O)(=O)C1(c2ncc(C(=O)O)s2)CCC1. The van der Waals surface area contributed by atoms with Crippen molar-refractivity contribution in [1.82, 2.24) is 4.98 Å². The van der Waals surface area contributed by atoms with Crippen LogP contribution in [0.5, 0.6) is 0 Å². The van der Waals surface area contributed by atoms with Crippen LogP contribution < -0.4 is 0 Å². The first-order valence-electron chi connectivity index (χ1n) is 5.35. The van der Waals surface area contributed by atoms with Crippen LogP contribution in [0, 0.1) is 0 Å². The molecule has 7 heteroatoms. The molecule has 0 aliphatic heterocycles. The van der Waals surface area contributed by atoms with Gasteiger partial charge >= 0.3 is 5.97 Å². The van der Waals surface area contributed by atoms with E-state index in [2.05, 4.69) is 4.98 Å². The van der Waals surface area contributed by atoms with Crippen LogP contribution >= 0.6 is 11.3 Å². The van der Waals surface area contributed by atoms with Crippen molar-refractivity contribution in [1.29, 1.82) is 0 Å². The molecule has 5 nitrogen and oxygen atoms in total. The van der Waals surface area contributed by atoms with Gasteiger partial charge in [-0.3, -0.25) is 0 Å². The Kier molecular flexibility index (Phi) is 2.99. The number of carboxylic acids is 1. The van der Waals surface area contributed by atoms with Gasteiger partial charge in [-0.1, -0.05) is 6.92 Å². The molecule has 1 fully saturated rings. The predicted molar refractivity (Wildman–Crippen MR) is 64.1 cm³/mol. The minimum absolute atomic E-state index is 0.0645. The topological polar surface area (TPSA) is 84.3 Å². The summed E-state index contributed by atoms with van der Waals surface area (Å²) in [5, 5.41) is 9.27. The number of nitrogens with zero attached hydrogens (tertiary/aromatic N) is 1. The molecular weight excluding hydrogens is 262 g/mol. The number of aromatic carboxylic acids is 1. The third-order valence-electron chi connectivity index (χ3n) is 3.24. The van der Waals surface area contributed by atoms with Crippen LogP contribution in [0.15, 0.2) is 6.20 Å². The van der Waals surface area contributed by atoms with Crippen molar-refractivity contribution >= 4 is 27.1 Å². The molecule has 1 aliphatic carbocycles.